The maximum Gasteiger partial charge on any atom is 0.175 e. The second-order valence-corrected chi connectivity index (χ2v) is 7.52. The van der Waals surface area contributed by atoms with Gasteiger partial charge in [0.05, 0.1) is 11.6 Å². The van der Waals surface area contributed by atoms with Crippen LogP contribution >= 0.6 is 15.9 Å². The molecule has 1 atom stereocenters. The fourth-order valence-electron chi connectivity index (χ4n) is 2.97. The highest BCUT2D eigenvalue weighted by atomic mass is 79.9. The number of rotatable bonds is 8. The zero-order valence-electron chi connectivity index (χ0n) is 16.0. The number of hydrogen-bond acceptors (Lipinski definition) is 2. The van der Waals surface area contributed by atoms with Crippen LogP contribution in [0.1, 0.15) is 29.7 Å². The normalized spacial score (nSPS) is 11.9. The second kappa shape index (κ2) is 9.71. The summed E-state index contributed by atoms with van der Waals surface area (Å²) in [5.41, 5.74) is 3.33. The molecule has 3 nitrogen and oxygen atoms in total. The van der Waals surface area contributed by atoms with Crippen LogP contribution in [-0.4, -0.2) is 7.11 Å². The number of nitrogens with two attached hydrogens (primary N) is 1. The van der Waals surface area contributed by atoms with Gasteiger partial charge in [-0.3, -0.25) is 0 Å². The molecule has 0 radical (unpaired) electrons. The van der Waals surface area contributed by atoms with Crippen LogP contribution in [0.3, 0.4) is 0 Å². The van der Waals surface area contributed by atoms with Crippen molar-refractivity contribution in [2.24, 2.45) is 0 Å². The standard InChI is InChI=1S/C23H23BrFNO2/c1-16(19-6-4-3-5-7-19)26-14-18-12-21(24)23(22(13-18)27-2)28-15-17-8-10-20(25)11-9-17/h3-13,16,26H,14-15H2,1-2H3/p+1/t16-/m1/s1. The van der Waals surface area contributed by atoms with Crippen LogP contribution in [0.25, 0.3) is 0 Å². The number of methoxy groups -OCH3 is 1. The molecule has 3 aromatic rings. The van der Waals surface area contributed by atoms with E-state index >= 15 is 0 Å². The van der Waals surface area contributed by atoms with E-state index in [1.54, 1.807) is 19.2 Å². The topological polar surface area (TPSA) is 35.1 Å². The van der Waals surface area contributed by atoms with E-state index in [9.17, 15) is 4.39 Å². The molecule has 0 bridgehead atoms. The average molecular weight is 445 g/mol. The van der Waals surface area contributed by atoms with Gasteiger partial charge in [0.15, 0.2) is 11.5 Å². The molecule has 3 rings (SSSR count). The lowest BCUT2D eigenvalue weighted by Crippen LogP contribution is -2.83. The minimum atomic E-state index is -0.257. The largest absolute Gasteiger partial charge is 0.493 e. The van der Waals surface area contributed by atoms with Crippen LogP contribution in [0.2, 0.25) is 0 Å². The quantitative estimate of drug-likeness (QED) is 0.530. The third kappa shape index (κ3) is 5.33. The summed E-state index contributed by atoms with van der Waals surface area (Å²) in [5, 5.41) is 2.29. The molecular formula is C23H24BrFNO2+. The third-order valence-electron chi connectivity index (χ3n) is 4.62. The SMILES string of the molecule is COc1cc(C[NH2+][C@H](C)c2ccccc2)cc(Br)c1OCc1ccc(F)cc1. The van der Waals surface area contributed by atoms with Gasteiger partial charge >= 0.3 is 0 Å². The van der Waals surface area contributed by atoms with E-state index in [0.717, 1.165) is 22.1 Å². The van der Waals surface area contributed by atoms with E-state index in [1.807, 2.05) is 12.1 Å². The monoisotopic (exact) mass is 444 g/mol. The Balaban J connectivity index is 1.67. The average Bonchev–Trinajstić information content (AvgIpc) is 2.72. The van der Waals surface area contributed by atoms with Crippen LogP contribution in [0, 0.1) is 5.82 Å². The molecule has 0 aliphatic rings. The van der Waals surface area contributed by atoms with Gasteiger partial charge in [0.2, 0.25) is 0 Å². The molecule has 0 saturated heterocycles. The van der Waals surface area contributed by atoms with Gasteiger partial charge in [-0.25, -0.2) is 4.39 Å². The van der Waals surface area contributed by atoms with Crippen molar-refractivity contribution in [1.82, 2.24) is 0 Å². The van der Waals surface area contributed by atoms with Gasteiger partial charge in [-0.05, 0) is 52.7 Å². The first-order chi connectivity index (χ1) is 13.6. The van der Waals surface area contributed by atoms with Crippen molar-refractivity contribution in [2.75, 3.05) is 7.11 Å². The summed E-state index contributed by atoms with van der Waals surface area (Å²) in [6.45, 7) is 3.36. The fraction of sp³-hybridized carbons (Fsp3) is 0.217. The third-order valence-corrected chi connectivity index (χ3v) is 5.21. The molecule has 0 aromatic heterocycles. The van der Waals surface area contributed by atoms with E-state index in [1.165, 1.54) is 17.7 Å². The van der Waals surface area contributed by atoms with E-state index in [4.69, 9.17) is 9.47 Å². The molecule has 0 spiro atoms. The summed E-state index contributed by atoms with van der Waals surface area (Å²) in [7, 11) is 1.63. The molecule has 2 N–H and O–H groups in total. The molecule has 0 amide bonds. The Morgan fingerprint density at radius 3 is 2.39 bits per heavy atom. The van der Waals surface area contributed by atoms with Crippen molar-refractivity contribution in [3.05, 3.63) is 93.7 Å². The van der Waals surface area contributed by atoms with Crippen molar-refractivity contribution >= 4 is 15.9 Å². The van der Waals surface area contributed by atoms with Crippen molar-refractivity contribution in [1.29, 1.82) is 0 Å². The molecule has 0 fully saturated rings. The summed E-state index contributed by atoms with van der Waals surface area (Å²) in [4.78, 5) is 0. The minimum absolute atomic E-state index is 0.257. The van der Waals surface area contributed by atoms with Gasteiger partial charge in [0.25, 0.3) is 0 Å². The number of halogens is 2. The summed E-state index contributed by atoms with van der Waals surface area (Å²) in [6.07, 6.45) is 0. The summed E-state index contributed by atoms with van der Waals surface area (Å²) < 4.78 is 25.3. The van der Waals surface area contributed by atoms with Crippen LogP contribution in [0.4, 0.5) is 4.39 Å². The van der Waals surface area contributed by atoms with Crippen molar-refractivity contribution in [3.63, 3.8) is 0 Å². The van der Waals surface area contributed by atoms with E-state index in [-0.39, 0.29) is 5.82 Å². The molecule has 146 valence electrons. The number of benzene rings is 3. The molecule has 0 saturated carbocycles. The fourth-order valence-corrected chi connectivity index (χ4v) is 3.58. The summed E-state index contributed by atoms with van der Waals surface area (Å²) in [6, 6.07) is 21.1. The summed E-state index contributed by atoms with van der Waals surface area (Å²) >= 11 is 3.60. The maximum absolute atomic E-state index is 13.0. The highest BCUT2D eigenvalue weighted by molar-refractivity contribution is 9.10. The number of quaternary nitrogens is 1. The highest BCUT2D eigenvalue weighted by Crippen LogP contribution is 2.37. The summed E-state index contributed by atoms with van der Waals surface area (Å²) in [5.74, 6) is 1.06. The first kappa shape index (κ1) is 20.4. The maximum atomic E-state index is 13.0. The molecule has 0 heterocycles. The first-order valence-electron chi connectivity index (χ1n) is 9.18. The van der Waals surface area contributed by atoms with Gasteiger partial charge in [-0.1, -0.05) is 42.5 Å². The van der Waals surface area contributed by atoms with Crippen LogP contribution in [0.15, 0.2) is 71.2 Å². The predicted molar refractivity (Wildman–Crippen MR) is 112 cm³/mol. The second-order valence-electron chi connectivity index (χ2n) is 6.66. The van der Waals surface area contributed by atoms with Crippen LogP contribution in [-0.2, 0) is 13.2 Å². The lowest BCUT2D eigenvalue weighted by molar-refractivity contribution is -0.707. The van der Waals surface area contributed by atoms with Crippen LogP contribution in [0.5, 0.6) is 11.5 Å². The van der Waals surface area contributed by atoms with Crippen molar-refractivity contribution in [2.45, 2.75) is 26.1 Å². The van der Waals surface area contributed by atoms with Crippen molar-refractivity contribution in [3.8, 4) is 11.5 Å². The minimum Gasteiger partial charge on any atom is -0.493 e. The molecule has 0 aliphatic carbocycles. The zero-order chi connectivity index (χ0) is 19.9. The Bertz CT molecular complexity index is 900. The van der Waals surface area contributed by atoms with Crippen LogP contribution < -0.4 is 14.8 Å². The van der Waals surface area contributed by atoms with Gasteiger partial charge in [0, 0.05) is 11.1 Å². The van der Waals surface area contributed by atoms with Gasteiger partial charge in [0.1, 0.15) is 25.0 Å². The Hall–Kier alpha value is -2.37. The van der Waals surface area contributed by atoms with E-state index in [0.29, 0.717) is 24.1 Å². The Kier molecular flexibility index (Phi) is 7.06. The highest BCUT2D eigenvalue weighted by Gasteiger charge is 2.14. The lowest BCUT2D eigenvalue weighted by atomic mass is 10.1. The number of ether oxygens (including phenoxy) is 2. The Labute approximate surface area is 173 Å². The van der Waals surface area contributed by atoms with E-state index < -0.39 is 0 Å². The van der Waals surface area contributed by atoms with Crippen molar-refractivity contribution < 1.29 is 19.2 Å². The molecule has 28 heavy (non-hydrogen) atoms. The Morgan fingerprint density at radius 2 is 1.71 bits per heavy atom. The number of hydrogen-bond donors (Lipinski definition) is 1. The molecular weight excluding hydrogens is 421 g/mol. The zero-order valence-corrected chi connectivity index (χ0v) is 17.6. The lowest BCUT2D eigenvalue weighted by Gasteiger charge is -2.15. The molecule has 0 aliphatic heterocycles. The van der Waals surface area contributed by atoms with E-state index in [2.05, 4.69) is 58.5 Å². The first-order valence-corrected chi connectivity index (χ1v) is 9.98. The van der Waals surface area contributed by atoms with Gasteiger partial charge in [-0.15, -0.1) is 0 Å². The molecule has 5 heteroatoms. The smallest absolute Gasteiger partial charge is 0.175 e. The Morgan fingerprint density at radius 1 is 1.00 bits per heavy atom. The van der Waals surface area contributed by atoms with Gasteiger partial charge in [-0.2, -0.15) is 0 Å². The van der Waals surface area contributed by atoms with Gasteiger partial charge < -0.3 is 14.8 Å². The predicted octanol–water partition coefficient (Wildman–Crippen LogP) is 5.00. The molecule has 3 aromatic carbocycles. The molecule has 0 unspecified atom stereocenters.